The SMILES string of the molecule is CC(C)(C)OC(=O)N1CCC(OCc2ccc(C=NNc3nc(N)cs3)cc2)CC1. The topological polar surface area (TPSA) is 102 Å². The van der Waals surface area contributed by atoms with E-state index in [9.17, 15) is 4.79 Å². The number of likely N-dealkylation sites (tertiary alicyclic amines) is 1. The zero-order valence-electron chi connectivity index (χ0n) is 17.6. The molecule has 1 saturated heterocycles. The summed E-state index contributed by atoms with van der Waals surface area (Å²) < 4.78 is 11.5. The molecule has 162 valence electrons. The number of aromatic nitrogens is 1. The minimum absolute atomic E-state index is 0.153. The molecule has 1 aliphatic rings. The Morgan fingerprint density at radius 1 is 1.33 bits per heavy atom. The van der Waals surface area contributed by atoms with Crippen LogP contribution in [-0.2, 0) is 16.1 Å². The summed E-state index contributed by atoms with van der Waals surface area (Å²) >= 11 is 1.40. The van der Waals surface area contributed by atoms with Gasteiger partial charge in [-0.2, -0.15) is 5.10 Å². The van der Waals surface area contributed by atoms with E-state index in [1.807, 2.05) is 45.0 Å². The molecule has 8 nitrogen and oxygen atoms in total. The van der Waals surface area contributed by atoms with Crippen LogP contribution in [0.2, 0.25) is 0 Å². The molecule has 0 saturated carbocycles. The zero-order valence-corrected chi connectivity index (χ0v) is 18.4. The van der Waals surface area contributed by atoms with Crippen LogP contribution in [0.4, 0.5) is 15.7 Å². The van der Waals surface area contributed by atoms with Gasteiger partial charge < -0.3 is 20.1 Å². The second-order valence-corrected chi connectivity index (χ2v) is 9.02. The van der Waals surface area contributed by atoms with E-state index in [0.29, 0.717) is 30.6 Å². The molecule has 3 N–H and O–H groups in total. The summed E-state index contributed by atoms with van der Waals surface area (Å²) in [6, 6.07) is 8.04. The van der Waals surface area contributed by atoms with E-state index in [1.54, 1.807) is 16.5 Å². The van der Waals surface area contributed by atoms with Gasteiger partial charge in [-0.3, -0.25) is 5.43 Å². The lowest BCUT2D eigenvalue weighted by molar-refractivity contribution is -0.0170. The number of hydrogen-bond acceptors (Lipinski definition) is 8. The Bertz CT molecular complexity index is 852. The maximum atomic E-state index is 12.1. The van der Waals surface area contributed by atoms with E-state index in [1.165, 1.54) is 11.3 Å². The van der Waals surface area contributed by atoms with Gasteiger partial charge in [-0.15, -0.1) is 11.3 Å². The van der Waals surface area contributed by atoms with Crippen molar-refractivity contribution < 1.29 is 14.3 Å². The second kappa shape index (κ2) is 9.90. The first-order valence-corrected chi connectivity index (χ1v) is 10.8. The molecule has 1 aliphatic heterocycles. The van der Waals surface area contributed by atoms with Crippen molar-refractivity contribution >= 4 is 34.6 Å². The number of ether oxygens (including phenoxy) is 2. The lowest BCUT2D eigenvalue weighted by Gasteiger charge is -2.33. The normalized spacial score (nSPS) is 15.5. The third-order valence-corrected chi connectivity index (χ3v) is 5.22. The number of thiazole rings is 1. The van der Waals surface area contributed by atoms with Crippen LogP contribution >= 0.6 is 11.3 Å². The molecule has 0 unspecified atom stereocenters. The Hall–Kier alpha value is -2.65. The average molecular weight is 432 g/mol. The highest BCUT2D eigenvalue weighted by Gasteiger charge is 2.27. The van der Waals surface area contributed by atoms with Gasteiger partial charge in [0.2, 0.25) is 5.13 Å². The van der Waals surface area contributed by atoms with Crippen LogP contribution in [0.5, 0.6) is 0 Å². The van der Waals surface area contributed by atoms with Crippen LogP contribution < -0.4 is 11.2 Å². The van der Waals surface area contributed by atoms with Gasteiger partial charge >= 0.3 is 6.09 Å². The van der Waals surface area contributed by atoms with Gasteiger partial charge in [-0.1, -0.05) is 24.3 Å². The van der Waals surface area contributed by atoms with Crippen molar-refractivity contribution in [2.75, 3.05) is 24.2 Å². The molecule has 2 heterocycles. The number of anilines is 2. The number of piperidine rings is 1. The molecule has 0 atom stereocenters. The Kier molecular flexibility index (Phi) is 7.28. The number of benzene rings is 1. The van der Waals surface area contributed by atoms with Crippen molar-refractivity contribution in [3.05, 3.63) is 40.8 Å². The van der Waals surface area contributed by atoms with E-state index >= 15 is 0 Å². The second-order valence-electron chi connectivity index (χ2n) is 8.17. The van der Waals surface area contributed by atoms with Crippen molar-refractivity contribution in [3.63, 3.8) is 0 Å². The summed E-state index contributed by atoms with van der Waals surface area (Å²) in [6.07, 6.45) is 3.27. The zero-order chi connectivity index (χ0) is 21.6. The van der Waals surface area contributed by atoms with Crippen LogP contribution in [0.25, 0.3) is 0 Å². The number of nitrogens with zero attached hydrogens (tertiary/aromatic N) is 3. The molecule has 1 amide bonds. The molecule has 1 aromatic carbocycles. The number of nitrogens with one attached hydrogen (secondary N) is 1. The standard InChI is InChI=1S/C21H29N5O3S/c1-21(2,3)29-20(27)26-10-8-17(9-11-26)28-13-16-6-4-15(5-7-16)12-23-25-19-24-18(22)14-30-19/h4-7,12,14,17H,8-11,13,22H2,1-3H3,(H,24,25). The number of carbonyl (C=O) groups excluding carboxylic acids is 1. The number of amides is 1. The summed E-state index contributed by atoms with van der Waals surface area (Å²) in [4.78, 5) is 18.0. The maximum Gasteiger partial charge on any atom is 0.410 e. The van der Waals surface area contributed by atoms with Gasteiger partial charge in [0, 0.05) is 18.5 Å². The Labute approximate surface area is 181 Å². The molecule has 0 aliphatic carbocycles. The fourth-order valence-electron chi connectivity index (χ4n) is 2.95. The fraction of sp³-hybridized carbons (Fsp3) is 0.476. The quantitative estimate of drug-likeness (QED) is 0.528. The molecule has 9 heteroatoms. The third kappa shape index (κ3) is 7.00. The largest absolute Gasteiger partial charge is 0.444 e. The van der Waals surface area contributed by atoms with Gasteiger partial charge in [0.15, 0.2) is 0 Å². The van der Waals surface area contributed by atoms with E-state index in [4.69, 9.17) is 15.2 Å². The molecular weight excluding hydrogens is 402 g/mol. The lowest BCUT2D eigenvalue weighted by Crippen LogP contribution is -2.43. The van der Waals surface area contributed by atoms with Crippen molar-refractivity contribution in [1.82, 2.24) is 9.88 Å². The van der Waals surface area contributed by atoms with Crippen molar-refractivity contribution in [2.24, 2.45) is 5.10 Å². The molecule has 0 spiro atoms. The predicted molar refractivity (Wildman–Crippen MR) is 120 cm³/mol. The number of rotatable bonds is 6. The first-order chi connectivity index (χ1) is 14.3. The van der Waals surface area contributed by atoms with Crippen molar-refractivity contribution in [2.45, 2.75) is 51.9 Å². The molecule has 3 rings (SSSR count). The number of hydrazone groups is 1. The van der Waals surface area contributed by atoms with Gasteiger partial charge in [-0.25, -0.2) is 9.78 Å². The highest BCUT2D eigenvalue weighted by Crippen LogP contribution is 2.19. The highest BCUT2D eigenvalue weighted by atomic mass is 32.1. The monoisotopic (exact) mass is 431 g/mol. The summed E-state index contributed by atoms with van der Waals surface area (Å²) in [5.41, 5.74) is 10.0. The lowest BCUT2D eigenvalue weighted by atomic mass is 10.1. The van der Waals surface area contributed by atoms with Crippen LogP contribution in [-0.4, -0.2) is 47.0 Å². The highest BCUT2D eigenvalue weighted by molar-refractivity contribution is 7.14. The van der Waals surface area contributed by atoms with Crippen LogP contribution in [0.1, 0.15) is 44.7 Å². The number of nitrogens with two attached hydrogens (primary N) is 1. The summed E-state index contributed by atoms with van der Waals surface area (Å²) in [7, 11) is 0. The maximum absolute atomic E-state index is 12.1. The summed E-state index contributed by atoms with van der Waals surface area (Å²) in [5.74, 6) is 0.484. The summed E-state index contributed by atoms with van der Waals surface area (Å²) in [5, 5.41) is 6.58. The minimum Gasteiger partial charge on any atom is -0.444 e. The van der Waals surface area contributed by atoms with Crippen molar-refractivity contribution in [1.29, 1.82) is 0 Å². The number of nitrogen functional groups attached to an aromatic ring is 1. The third-order valence-electron chi connectivity index (χ3n) is 4.45. The Morgan fingerprint density at radius 3 is 2.63 bits per heavy atom. The first-order valence-electron chi connectivity index (χ1n) is 9.97. The minimum atomic E-state index is -0.466. The van der Waals surface area contributed by atoms with E-state index in [0.717, 1.165) is 24.0 Å². The van der Waals surface area contributed by atoms with Crippen LogP contribution in [0, 0.1) is 0 Å². The Morgan fingerprint density at radius 2 is 2.03 bits per heavy atom. The first kappa shape index (κ1) is 22.0. The molecular formula is C21H29N5O3S. The fourth-order valence-corrected chi connectivity index (χ4v) is 3.49. The predicted octanol–water partition coefficient (Wildman–Crippen LogP) is 4.09. The van der Waals surface area contributed by atoms with Crippen LogP contribution in [0.3, 0.4) is 0 Å². The molecule has 1 aromatic heterocycles. The van der Waals surface area contributed by atoms with E-state index in [-0.39, 0.29) is 12.2 Å². The Balaban J connectivity index is 1.39. The van der Waals surface area contributed by atoms with E-state index in [2.05, 4.69) is 15.5 Å². The van der Waals surface area contributed by atoms with Gasteiger partial charge in [0.25, 0.3) is 0 Å². The number of carbonyl (C=O) groups is 1. The molecule has 2 aromatic rings. The summed E-state index contributed by atoms with van der Waals surface area (Å²) in [6.45, 7) is 7.51. The van der Waals surface area contributed by atoms with Crippen LogP contribution in [0.15, 0.2) is 34.7 Å². The smallest absolute Gasteiger partial charge is 0.410 e. The van der Waals surface area contributed by atoms with Crippen molar-refractivity contribution in [3.8, 4) is 0 Å². The average Bonchev–Trinajstić information content (AvgIpc) is 3.11. The van der Waals surface area contributed by atoms with Gasteiger partial charge in [0.05, 0.1) is 18.9 Å². The van der Waals surface area contributed by atoms with E-state index < -0.39 is 5.60 Å². The molecule has 0 bridgehead atoms. The van der Waals surface area contributed by atoms with Gasteiger partial charge in [-0.05, 0) is 44.7 Å². The molecule has 30 heavy (non-hydrogen) atoms. The molecule has 1 fully saturated rings. The van der Waals surface area contributed by atoms with Gasteiger partial charge in [0.1, 0.15) is 11.4 Å². The number of hydrogen-bond donors (Lipinski definition) is 2. The molecule has 0 radical (unpaired) electrons.